The van der Waals surface area contributed by atoms with Crippen LogP contribution in [0.15, 0.2) is 18.2 Å². The monoisotopic (exact) mass is 231 g/mol. The molecular weight excluding hydrogens is 221 g/mol. The summed E-state index contributed by atoms with van der Waals surface area (Å²) in [7, 11) is 0. The van der Waals surface area contributed by atoms with Gasteiger partial charge in [0.2, 0.25) is 5.91 Å². The van der Waals surface area contributed by atoms with Gasteiger partial charge in [-0.05, 0) is 24.5 Å². The number of aryl methyl sites for hydroxylation is 1. The first-order valence-corrected chi connectivity index (χ1v) is 5.08. The summed E-state index contributed by atoms with van der Waals surface area (Å²) < 4.78 is 0. The number of nitrogens with two attached hydrogens (primary N) is 1. The average Bonchev–Trinajstić information content (AvgIpc) is 2.12. The molecule has 0 saturated carbocycles. The van der Waals surface area contributed by atoms with Gasteiger partial charge in [0.25, 0.3) is 0 Å². The van der Waals surface area contributed by atoms with E-state index < -0.39 is 0 Å². The molecule has 2 nitrogen and oxygen atoms in total. The molecule has 0 unspecified atom stereocenters. The standard InChI is InChI=1S/C10H11Cl2NO/c11-8-5-1-3-7(10(8)12)4-2-6-9(13)14/h1,3,5H,2,4,6H2,(H2,13,14). The number of rotatable bonds is 4. The zero-order chi connectivity index (χ0) is 10.6. The highest BCUT2D eigenvalue weighted by molar-refractivity contribution is 6.42. The Hall–Kier alpha value is -0.730. The number of benzene rings is 1. The Labute approximate surface area is 93.0 Å². The van der Waals surface area contributed by atoms with Crippen LogP contribution in [-0.2, 0) is 11.2 Å². The van der Waals surface area contributed by atoms with Gasteiger partial charge in [-0.15, -0.1) is 0 Å². The van der Waals surface area contributed by atoms with Gasteiger partial charge in [-0.25, -0.2) is 0 Å². The molecule has 4 heteroatoms. The molecule has 76 valence electrons. The average molecular weight is 232 g/mol. The molecule has 0 heterocycles. The van der Waals surface area contributed by atoms with Gasteiger partial charge in [-0.3, -0.25) is 4.79 Å². The van der Waals surface area contributed by atoms with E-state index in [-0.39, 0.29) is 5.91 Å². The minimum Gasteiger partial charge on any atom is -0.370 e. The molecule has 0 fully saturated rings. The fourth-order valence-electron chi connectivity index (χ4n) is 1.19. The first-order chi connectivity index (χ1) is 6.61. The highest BCUT2D eigenvalue weighted by atomic mass is 35.5. The van der Waals surface area contributed by atoms with Gasteiger partial charge < -0.3 is 5.73 Å². The maximum Gasteiger partial charge on any atom is 0.217 e. The van der Waals surface area contributed by atoms with Crippen LogP contribution in [0.4, 0.5) is 0 Å². The highest BCUT2D eigenvalue weighted by Gasteiger charge is 2.04. The summed E-state index contributed by atoms with van der Waals surface area (Å²) in [6.45, 7) is 0. The van der Waals surface area contributed by atoms with Crippen molar-refractivity contribution in [2.45, 2.75) is 19.3 Å². The van der Waals surface area contributed by atoms with Crippen molar-refractivity contribution in [1.29, 1.82) is 0 Å². The lowest BCUT2D eigenvalue weighted by atomic mass is 10.1. The van der Waals surface area contributed by atoms with Crippen molar-refractivity contribution < 1.29 is 4.79 Å². The Bertz CT molecular complexity index is 339. The lowest BCUT2D eigenvalue weighted by molar-refractivity contribution is -0.118. The van der Waals surface area contributed by atoms with Crippen LogP contribution >= 0.6 is 23.2 Å². The van der Waals surface area contributed by atoms with E-state index in [9.17, 15) is 4.79 Å². The third kappa shape index (κ3) is 3.20. The van der Waals surface area contributed by atoms with Gasteiger partial charge in [0.05, 0.1) is 10.0 Å². The van der Waals surface area contributed by atoms with Crippen LogP contribution in [0.3, 0.4) is 0 Å². The summed E-state index contributed by atoms with van der Waals surface area (Å²) in [4.78, 5) is 10.5. The fraction of sp³-hybridized carbons (Fsp3) is 0.300. The molecular formula is C10H11Cl2NO. The van der Waals surface area contributed by atoms with E-state index >= 15 is 0 Å². The molecule has 0 saturated heterocycles. The molecule has 1 aromatic carbocycles. The molecule has 0 aliphatic carbocycles. The molecule has 0 aliphatic rings. The van der Waals surface area contributed by atoms with Crippen molar-refractivity contribution in [3.8, 4) is 0 Å². The van der Waals surface area contributed by atoms with Gasteiger partial charge in [0.15, 0.2) is 0 Å². The Morgan fingerprint density at radius 1 is 1.36 bits per heavy atom. The number of amides is 1. The third-order valence-corrected chi connectivity index (χ3v) is 2.76. The molecule has 0 spiro atoms. The van der Waals surface area contributed by atoms with Crippen LogP contribution in [0, 0.1) is 0 Å². The Kier molecular flexibility index (Phi) is 4.23. The van der Waals surface area contributed by atoms with Gasteiger partial charge in [0, 0.05) is 6.42 Å². The molecule has 1 rings (SSSR count). The minimum absolute atomic E-state index is 0.289. The van der Waals surface area contributed by atoms with Crippen molar-refractivity contribution in [3.05, 3.63) is 33.8 Å². The highest BCUT2D eigenvalue weighted by Crippen LogP contribution is 2.26. The lowest BCUT2D eigenvalue weighted by Crippen LogP contribution is -2.10. The number of primary amides is 1. The zero-order valence-corrected chi connectivity index (χ0v) is 9.11. The molecule has 0 aromatic heterocycles. The van der Waals surface area contributed by atoms with Gasteiger partial charge in [0.1, 0.15) is 0 Å². The molecule has 2 N–H and O–H groups in total. The van der Waals surface area contributed by atoms with Crippen LogP contribution in [0.1, 0.15) is 18.4 Å². The minimum atomic E-state index is -0.289. The number of hydrogen-bond acceptors (Lipinski definition) is 1. The fourth-order valence-corrected chi connectivity index (χ4v) is 1.61. The van der Waals surface area contributed by atoms with E-state index in [1.54, 1.807) is 6.07 Å². The molecule has 0 radical (unpaired) electrons. The summed E-state index contributed by atoms with van der Waals surface area (Å²) in [6, 6.07) is 5.48. The quantitative estimate of drug-likeness (QED) is 0.852. The second-order valence-corrected chi connectivity index (χ2v) is 3.82. The predicted molar refractivity (Wildman–Crippen MR) is 58.6 cm³/mol. The van der Waals surface area contributed by atoms with E-state index in [2.05, 4.69) is 0 Å². The van der Waals surface area contributed by atoms with Crippen molar-refractivity contribution in [1.82, 2.24) is 0 Å². The summed E-state index contributed by atoms with van der Waals surface area (Å²) in [5, 5.41) is 1.11. The Balaban J connectivity index is 2.59. The summed E-state index contributed by atoms with van der Waals surface area (Å²) in [5.74, 6) is -0.289. The van der Waals surface area contributed by atoms with Crippen LogP contribution in [-0.4, -0.2) is 5.91 Å². The number of carbonyl (C=O) groups is 1. The maximum absolute atomic E-state index is 10.5. The SMILES string of the molecule is NC(=O)CCCc1cccc(Cl)c1Cl. The van der Waals surface area contributed by atoms with E-state index in [4.69, 9.17) is 28.9 Å². The van der Waals surface area contributed by atoms with Crippen molar-refractivity contribution in [3.63, 3.8) is 0 Å². The number of carbonyl (C=O) groups excluding carboxylic acids is 1. The molecule has 0 aliphatic heterocycles. The molecule has 1 aromatic rings. The molecule has 14 heavy (non-hydrogen) atoms. The first-order valence-electron chi connectivity index (χ1n) is 4.32. The second-order valence-electron chi connectivity index (χ2n) is 3.03. The van der Waals surface area contributed by atoms with Crippen molar-refractivity contribution in [2.75, 3.05) is 0 Å². The summed E-state index contributed by atoms with van der Waals surface area (Å²) >= 11 is 11.8. The third-order valence-electron chi connectivity index (χ3n) is 1.90. The zero-order valence-electron chi connectivity index (χ0n) is 7.59. The lowest BCUT2D eigenvalue weighted by Gasteiger charge is -2.04. The van der Waals surface area contributed by atoms with Crippen molar-refractivity contribution in [2.24, 2.45) is 5.73 Å². The molecule has 1 amide bonds. The van der Waals surface area contributed by atoms with Crippen LogP contribution in [0.2, 0.25) is 10.0 Å². The Morgan fingerprint density at radius 2 is 2.07 bits per heavy atom. The largest absolute Gasteiger partial charge is 0.370 e. The van der Waals surface area contributed by atoms with E-state index in [0.29, 0.717) is 22.9 Å². The molecule has 0 bridgehead atoms. The van der Waals surface area contributed by atoms with E-state index in [1.807, 2.05) is 12.1 Å². The van der Waals surface area contributed by atoms with Crippen molar-refractivity contribution >= 4 is 29.1 Å². The van der Waals surface area contributed by atoms with Gasteiger partial charge >= 0.3 is 0 Å². The van der Waals surface area contributed by atoms with Crippen LogP contribution < -0.4 is 5.73 Å². The summed E-state index contributed by atoms with van der Waals surface area (Å²) in [6.07, 6.45) is 1.81. The van der Waals surface area contributed by atoms with E-state index in [0.717, 1.165) is 12.0 Å². The topological polar surface area (TPSA) is 43.1 Å². The maximum atomic E-state index is 10.5. The smallest absolute Gasteiger partial charge is 0.217 e. The normalized spacial score (nSPS) is 10.1. The Morgan fingerprint density at radius 3 is 2.71 bits per heavy atom. The number of halogens is 2. The predicted octanol–water partition coefficient (Wildman–Crippen LogP) is 2.80. The number of hydrogen-bond donors (Lipinski definition) is 1. The molecule has 0 atom stereocenters. The van der Waals surface area contributed by atoms with Gasteiger partial charge in [-0.1, -0.05) is 35.3 Å². The van der Waals surface area contributed by atoms with Gasteiger partial charge in [-0.2, -0.15) is 0 Å². The summed E-state index contributed by atoms with van der Waals surface area (Å²) in [5.41, 5.74) is 5.99. The van der Waals surface area contributed by atoms with Crippen LogP contribution in [0.25, 0.3) is 0 Å². The van der Waals surface area contributed by atoms with E-state index in [1.165, 1.54) is 0 Å². The first kappa shape index (κ1) is 11.3. The second kappa shape index (κ2) is 5.23. The van der Waals surface area contributed by atoms with Crippen LogP contribution in [0.5, 0.6) is 0 Å².